The predicted molar refractivity (Wildman–Crippen MR) is 110 cm³/mol. The Kier molecular flexibility index (Phi) is 4.83. The van der Waals surface area contributed by atoms with Crippen molar-refractivity contribution in [2.24, 2.45) is 7.05 Å². The molecule has 0 radical (unpaired) electrons. The summed E-state index contributed by atoms with van der Waals surface area (Å²) in [6.45, 7) is 0.340. The molecule has 0 saturated carbocycles. The number of nitrogens with zero attached hydrogens (tertiary/aromatic N) is 5. The van der Waals surface area contributed by atoms with Gasteiger partial charge in [-0.1, -0.05) is 0 Å². The fourth-order valence-electron chi connectivity index (χ4n) is 3.19. The Morgan fingerprint density at radius 2 is 1.97 bits per heavy atom. The molecular weight excluding hydrogens is 398 g/mol. The third-order valence-corrected chi connectivity index (χ3v) is 4.75. The van der Waals surface area contributed by atoms with Crippen LogP contribution in [0.3, 0.4) is 0 Å². The SMILES string of the molecule is COc1ccc([C@@H]2COc3cc(Oc4ccnc(-c5cnn(C)c5)c4)cnc3O2)cn1. The summed E-state index contributed by atoms with van der Waals surface area (Å²) in [7, 11) is 3.44. The van der Waals surface area contributed by atoms with Crippen LogP contribution in [0.4, 0.5) is 0 Å². The van der Waals surface area contributed by atoms with Crippen LogP contribution in [0, 0.1) is 0 Å². The van der Waals surface area contributed by atoms with Gasteiger partial charge in [0, 0.05) is 55.0 Å². The van der Waals surface area contributed by atoms with E-state index in [4.69, 9.17) is 18.9 Å². The summed E-state index contributed by atoms with van der Waals surface area (Å²) in [5, 5.41) is 4.18. The van der Waals surface area contributed by atoms with Gasteiger partial charge >= 0.3 is 0 Å². The van der Waals surface area contributed by atoms with Gasteiger partial charge in [-0.3, -0.25) is 9.67 Å². The van der Waals surface area contributed by atoms with Crippen molar-refractivity contribution in [3.8, 4) is 40.3 Å². The molecule has 0 bridgehead atoms. The summed E-state index contributed by atoms with van der Waals surface area (Å²) in [6, 6.07) is 9.07. The van der Waals surface area contributed by atoms with Gasteiger partial charge in [0.1, 0.15) is 18.1 Å². The Morgan fingerprint density at radius 3 is 2.74 bits per heavy atom. The molecular formula is C22H19N5O4. The first-order valence-corrected chi connectivity index (χ1v) is 9.60. The third kappa shape index (κ3) is 3.97. The minimum Gasteiger partial charge on any atom is -0.484 e. The second kappa shape index (κ2) is 7.94. The normalized spacial score (nSPS) is 14.8. The maximum Gasteiger partial charge on any atom is 0.258 e. The van der Waals surface area contributed by atoms with E-state index in [2.05, 4.69) is 20.1 Å². The van der Waals surface area contributed by atoms with Crippen LogP contribution in [0.25, 0.3) is 11.3 Å². The van der Waals surface area contributed by atoms with Gasteiger partial charge in [0.25, 0.3) is 5.88 Å². The minimum atomic E-state index is -0.299. The molecule has 1 aliphatic rings. The van der Waals surface area contributed by atoms with Gasteiger partial charge in [-0.25, -0.2) is 9.97 Å². The Labute approximate surface area is 178 Å². The Balaban J connectivity index is 1.31. The van der Waals surface area contributed by atoms with E-state index in [9.17, 15) is 0 Å². The van der Waals surface area contributed by atoms with Crippen LogP contribution in [-0.2, 0) is 7.05 Å². The molecule has 4 aromatic rings. The molecule has 5 heterocycles. The summed E-state index contributed by atoms with van der Waals surface area (Å²) < 4.78 is 24.6. The monoisotopic (exact) mass is 417 g/mol. The lowest BCUT2D eigenvalue weighted by atomic mass is 10.1. The van der Waals surface area contributed by atoms with Crippen LogP contribution in [0.15, 0.2) is 61.3 Å². The van der Waals surface area contributed by atoms with Crippen LogP contribution in [0.1, 0.15) is 11.7 Å². The topological polar surface area (TPSA) is 93.4 Å². The van der Waals surface area contributed by atoms with E-state index in [1.54, 1.807) is 54.8 Å². The number of aromatic nitrogens is 5. The molecule has 0 aromatic carbocycles. The van der Waals surface area contributed by atoms with Crippen LogP contribution in [-0.4, -0.2) is 38.4 Å². The number of rotatable bonds is 5. The number of methoxy groups -OCH3 is 1. The molecule has 5 rings (SSSR count). The van der Waals surface area contributed by atoms with Crippen LogP contribution in [0.2, 0.25) is 0 Å². The third-order valence-electron chi connectivity index (χ3n) is 4.75. The van der Waals surface area contributed by atoms with Crippen LogP contribution >= 0.6 is 0 Å². The molecule has 156 valence electrons. The zero-order valence-electron chi connectivity index (χ0n) is 16.9. The average molecular weight is 417 g/mol. The number of fused-ring (bicyclic) bond motifs is 1. The number of hydrogen-bond acceptors (Lipinski definition) is 8. The van der Waals surface area contributed by atoms with Crippen LogP contribution in [0.5, 0.6) is 29.0 Å². The molecule has 0 amide bonds. The highest BCUT2D eigenvalue weighted by molar-refractivity contribution is 5.59. The van der Waals surface area contributed by atoms with Crippen LogP contribution < -0.4 is 18.9 Å². The number of aryl methyl sites for hydroxylation is 1. The van der Waals surface area contributed by atoms with Crippen molar-refractivity contribution in [3.05, 3.63) is 66.9 Å². The van der Waals surface area contributed by atoms with Gasteiger partial charge in [0.2, 0.25) is 5.88 Å². The molecule has 0 N–H and O–H groups in total. The molecule has 31 heavy (non-hydrogen) atoms. The Bertz CT molecular complexity index is 1210. The van der Waals surface area contributed by atoms with Gasteiger partial charge in [-0.2, -0.15) is 5.10 Å². The summed E-state index contributed by atoms with van der Waals surface area (Å²) >= 11 is 0. The average Bonchev–Trinajstić information content (AvgIpc) is 3.25. The quantitative estimate of drug-likeness (QED) is 0.486. The second-order valence-electron chi connectivity index (χ2n) is 6.91. The van der Waals surface area contributed by atoms with Gasteiger partial charge in [0.05, 0.1) is 25.2 Å². The first-order valence-electron chi connectivity index (χ1n) is 9.60. The fourth-order valence-corrected chi connectivity index (χ4v) is 3.19. The second-order valence-corrected chi connectivity index (χ2v) is 6.91. The van der Waals surface area contributed by atoms with Crippen molar-refractivity contribution < 1.29 is 18.9 Å². The molecule has 4 aromatic heterocycles. The number of ether oxygens (including phenoxy) is 4. The highest BCUT2D eigenvalue weighted by atomic mass is 16.6. The van der Waals surface area contributed by atoms with E-state index in [1.165, 1.54) is 0 Å². The molecule has 1 atom stereocenters. The molecule has 1 aliphatic heterocycles. The maximum absolute atomic E-state index is 5.98. The van der Waals surface area contributed by atoms with Crippen molar-refractivity contribution >= 4 is 0 Å². The molecule has 0 saturated heterocycles. The van der Waals surface area contributed by atoms with E-state index in [-0.39, 0.29) is 6.10 Å². The standard InChI is InChI=1S/C22H19N5O4/c1-27-12-15(10-26-27)18-7-16(5-6-23-18)30-17-8-19-22(25-11-17)31-20(13-29-19)14-3-4-21(28-2)24-9-14/h3-12,20H,13H2,1-2H3/t20-/m0/s1. The molecule has 9 nitrogen and oxygen atoms in total. The smallest absolute Gasteiger partial charge is 0.258 e. The zero-order valence-corrected chi connectivity index (χ0v) is 16.9. The predicted octanol–water partition coefficient (Wildman–Crippen LogP) is 3.59. The van der Waals surface area contributed by atoms with Crippen molar-refractivity contribution in [2.45, 2.75) is 6.10 Å². The van der Waals surface area contributed by atoms with Gasteiger partial charge in [0.15, 0.2) is 11.9 Å². The lowest BCUT2D eigenvalue weighted by Gasteiger charge is -2.25. The highest BCUT2D eigenvalue weighted by Gasteiger charge is 2.25. The lowest BCUT2D eigenvalue weighted by Crippen LogP contribution is -2.22. The van der Waals surface area contributed by atoms with E-state index in [0.717, 1.165) is 16.8 Å². The van der Waals surface area contributed by atoms with Gasteiger partial charge < -0.3 is 18.9 Å². The van der Waals surface area contributed by atoms with Crippen molar-refractivity contribution in [1.29, 1.82) is 0 Å². The maximum atomic E-state index is 5.98. The molecule has 0 aliphatic carbocycles. The highest BCUT2D eigenvalue weighted by Crippen LogP contribution is 2.38. The lowest BCUT2D eigenvalue weighted by molar-refractivity contribution is 0.0844. The van der Waals surface area contributed by atoms with Gasteiger partial charge in [-0.15, -0.1) is 0 Å². The molecule has 0 fully saturated rings. The fraction of sp³-hybridized carbons (Fsp3) is 0.182. The first-order chi connectivity index (χ1) is 15.2. The molecule has 0 spiro atoms. The summed E-state index contributed by atoms with van der Waals surface area (Å²) in [5.74, 6) is 2.65. The molecule has 0 unspecified atom stereocenters. The first kappa shape index (κ1) is 18.9. The largest absolute Gasteiger partial charge is 0.484 e. The number of pyridine rings is 3. The van der Waals surface area contributed by atoms with E-state index in [0.29, 0.717) is 35.6 Å². The van der Waals surface area contributed by atoms with Gasteiger partial charge in [-0.05, 0) is 12.1 Å². The van der Waals surface area contributed by atoms with E-state index in [1.807, 2.05) is 25.4 Å². The summed E-state index contributed by atoms with van der Waals surface area (Å²) in [5.41, 5.74) is 2.56. The minimum absolute atomic E-state index is 0.299. The van der Waals surface area contributed by atoms with E-state index >= 15 is 0 Å². The summed E-state index contributed by atoms with van der Waals surface area (Å²) in [4.78, 5) is 12.9. The van der Waals surface area contributed by atoms with Crippen molar-refractivity contribution in [2.75, 3.05) is 13.7 Å². The number of hydrogen-bond donors (Lipinski definition) is 0. The zero-order chi connectivity index (χ0) is 21.2. The van der Waals surface area contributed by atoms with Crippen molar-refractivity contribution in [1.82, 2.24) is 24.7 Å². The summed E-state index contributed by atoms with van der Waals surface area (Å²) in [6.07, 6.45) is 8.35. The van der Waals surface area contributed by atoms with Crippen molar-refractivity contribution in [3.63, 3.8) is 0 Å². The Morgan fingerprint density at radius 1 is 1.03 bits per heavy atom. The van der Waals surface area contributed by atoms with E-state index < -0.39 is 0 Å². The Hall–Kier alpha value is -4.14. The molecule has 9 heteroatoms.